The monoisotopic (exact) mass is 332 g/mol. The van der Waals surface area contributed by atoms with Gasteiger partial charge < -0.3 is 4.74 Å². The maximum Gasteiger partial charge on any atom is 0.165 e. The zero-order chi connectivity index (χ0) is 14.5. The van der Waals surface area contributed by atoms with Crippen LogP contribution in [0.3, 0.4) is 0 Å². The molecule has 0 N–H and O–H groups in total. The number of methoxy groups -OCH3 is 1. The van der Waals surface area contributed by atoms with Crippen LogP contribution in [0.2, 0.25) is 0 Å². The molecule has 20 heavy (non-hydrogen) atoms. The largest absolute Gasteiger partial charge is 0.496 e. The van der Waals surface area contributed by atoms with E-state index in [9.17, 15) is 4.79 Å². The summed E-state index contributed by atoms with van der Waals surface area (Å²) in [6.45, 7) is 1.97. The molecule has 0 aliphatic heterocycles. The molecule has 2 rings (SSSR count). The van der Waals surface area contributed by atoms with Crippen molar-refractivity contribution in [3.63, 3.8) is 0 Å². The minimum atomic E-state index is -0.0438. The van der Waals surface area contributed by atoms with Crippen molar-refractivity contribution in [1.82, 2.24) is 0 Å². The molecule has 0 fully saturated rings. The number of carbonyl (C=O) groups excluding carboxylic acids is 1. The molecular formula is C17H17BrO2. The topological polar surface area (TPSA) is 26.3 Å². The summed E-state index contributed by atoms with van der Waals surface area (Å²) < 4.78 is 6.12. The van der Waals surface area contributed by atoms with Crippen LogP contribution in [0.1, 0.15) is 22.8 Å². The Hall–Kier alpha value is -1.61. The predicted molar refractivity (Wildman–Crippen MR) is 84.3 cm³/mol. The van der Waals surface area contributed by atoms with Crippen molar-refractivity contribution in [3.05, 3.63) is 64.1 Å². The number of halogens is 1. The lowest BCUT2D eigenvalue weighted by atomic mass is 9.93. The highest BCUT2D eigenvalue weighted by Crippen LogP contribution is 2.27. The van der Waals surface area contributed by atoms with Gasteiger partial charge in [-0.3, -0.25) is 4.79 Å². The fraction of sp³-hybridized carbons (Fsp3) is 0.235. The van der Waals surface area contributed by atoms with E-state index < -0.39 is 0 Å². The lowest BCUT2D eigenvalue weighted by molar-refractivity contribution is 0.0929. The van der Waals surface area contributed by atoms with Gasteiger partial charge in [-0.1, -0.05) is 43.3 Å². The van der Waals surface area contributed by atoms with E-state index in [0.717, 1.165) is 27.8 Å². The Morgan fingerprint density at radius 2 is 1.90 bits per heavy atom. The van der Waals surface area contributed by atoms with E-state index in [1.807, 2.05) is 55.5 Å². The predicted octanol–water partition coefficient (Wildman–Crippen LogP) is 4.52. The van der Waals surface area contributed by atoms with E-state index in [4.69, 9.17) is 4.74 Å². The van der Waals surface area contributed by atoms with Gasteiger partial charge in [0.25, 0.3) is 0 Å². The molecule has 1 unspecified atom stereocenters. The van der Waals surface area contributed by atoms with Gasteiger partial charge in [0.1, 0.15) is 5.75 Å². The molecule has 0 saturated heterocycles. The Morgan fingerprint density at radius 1 is 1.20 bits per heavy atom. The van der Waals surface area contributed by atoms with Gasteiger partial charge >= 0.3 is 0 Å². The molecule has 0 spiro atoms. The van der Waals surface area contributed by atoms with E-state index in [0.29, 0.717) is 0 Å². The Kier molecular flexibility index (Phi) is 4.96. The van der Waals surface area contributed by atoms with Gasteiger partial charge in [-0.2, -0.15) is 0 Å². The lowest BCUT2D eigenvalue weighted by Gasteiger charge is -2.12. The van der Waals surface area contributed by atoms with Crippen molar-refractivity contribution < 1.29 is 9.53 Å². The summed E-state index contributed by atoms with van der Waals surface area (Å²) in [5, 5.41) is 0. The number of benzene rings is 2. The third kappa shape index (κ3) is 3.48. The van der Waals surface area contributed by atoms with Crippen molar-refractivity contribution in [2.45, 2.75) is 13.3 Å². The second-order valence-corrected chi connectivity index (χ2v) is 5.66. The van der Waals surface area contributed by atoms with Gasteiger partial charge in [-0.25, -0.2) is 0 Å². The number of hydrogen-bond donors (Lipinski definition) is 0. The number of rotatable bonds is 5. The second-order valence-electron chi connectivity index (χ2n) is 4.80. The van der Waals surface area contributed by atoms with Crippen molar-refractivity contribution in [2.75, 3.05) is 7.11 Å². The summed E-state index contributed by atoms with van der Waals surface area (Å²) in [6, 6.07) is 15.4. The standard InChI is InChI=1S/C17H17BrO2/c1-12(17(19)14-6-4-3-5-7-14)10-13-8-9-16(20-2)15(18)11-13/h3-9,11-12H,10H2,1-2H3. The van der Waals surface area contributed by atoms with Crippen LogP contribution in [0.15, 0.2) is 53.0 Å². The summed E-state index contributed by atoms with van der Waals surface area (Å²) in [5.74, 6) is 0.936. The molecule has 0 saturated carbocycles. The number of carbonyl (C=O) groups is 1. The summed E-state index contributed by atoms with van der Waals surface area (Å²) in [7, 11) is 1.64. The maximum absolute atomic E-state index is 12.3. The number of Topliss-reactive ketones (excluding diaryl/α,β-unsaturated/α-hetero) is 1. The smallest absolute Gasteiger partial charge is 0.165 e. The molecule has 0 amide bonds. The molecule has 0 aliphatic carbocycles. The first-order valence-corrected chi connectivity index (χ1v) is 7.33. The molecule has 2 aromatic rings. The highest BCUT2D eigenvalue weighted by atomic mass is 79.9. The first-order valence-electron chi connectivity index (χ1n) is 6.53. The molecule has 0 bridgehead atoms. The Labute approximate surface area is 127 Å². The number of hydrogen-bond acceptors (Lipinski definition) is 2. The fourth-order valence-corrected chi connectivity index (χ4v) is 2.76. The van der Waals surface area contributed by atoms with Crippen LogP contribution in [0.4, 0.5) is 0 Å². The third-order valence-electron chi connectivity index (χ3n) is 3.26. The molecular weight excluding hydrogens is 316 g/mol. The third-order valence-corrected chi connectivity index (χ3v) is 3.88. The van der Waals surface area contributed by atoms with Crippen molar-refractivity contribution in [3.8, 4) is 5.75 Å². The molecule has 0 heterocycles. The summed E-state index contributed by atoms with van der Waals surface area (Å²) in [6.07, 6.45) is 0.719. The van der Waals surface area contributed by atoms with Crippen LogP contribution in [0.25, 0.3) is 0 Å². The Bertz CT molecular complexity index is 593. The molecule has 0 aromatic heterocycles. The van der Waals surface area contributed by atoms with E-state index in [2.05, 4.69) is 15.9 Å². The molecule has 0 aliphatic rings. The summed E-state index contributed by atoms with van der Waals surface area (Å²) >= 11 is 3.47. The van der Waals surface area contributed by atoms with Crippen LogP contribution in [0, 0.1) is 5.92 Å². The van der Waals surface area contributed by atoms with Gasteiger partial charge in [0, 0.05) is 11.5 Å². The molecule has 2 nitrogen and oxygen atoms in total. The fourth-order valence-electron chi connectivity index (χ4n) is 2.17. The Balaban J connectivity index is 2.10. The quantitative estimate of drug-likeness (QED) is 0.752. The normalized spacial score (nSPS) is 11.9. The van der Waals surface area contributed by atoms with Gasteiger partial charge in [-0.05, 0) is 40.0 Å². The first-order chi connectivity index (χ1) is 9.61. The zero-order valence-corrected chi connectivity index (χ0v) is 13.2. The molecule has 104 valence electrons. The molecule has 1 atom stereocenters. The average molecular weight is 333 g/mol. The van der Waals surface area contributed by atoms with Gasteiger partial charge in [0.2, 0.25) is 0 Å². The van der Waals surface area contributed by atoms with Gasteiger partial charge in [0.05, 0.1) is 11.6 Å². The average Bonchev–Trinajstić information content (AvgIpc) is 2.47. The highest BCUT2D eigenvalue weighted by Gasteiger charge is 2.15. The van der Waals surface area contributed by atoms with Gasteiger partial charge in [0.15, 0.2) is 5.78 Å². The molecule has 2 aromatic carbocycles. The summed E-state index contributed by atoms with van der Waals surface area (Å²) in [4.78, 5) is 12.3. The van der Waals surface area contributed by atoms with E-state index in [1.165, 1.54) is 0 Å². The maximum atomic E-state index is 12.3. The minimum Gasteiger partial charge on any atom is -0.496 e. The zero-order valence-electron chi connectivity index (χ0n) is 11.6. The van der Waals surface area contributed by atoms with Crippen LogP contribution in [-0.2, 0) is 6.42 Å². The molecule has 3 heteroatoms. The number of ketones is 1. The van der Waals surface area contributed by atoms with Crippen LogP contribution in [-0.4, -0.2) is 12.9 Å². The van der Waals surface area contributed by atoms with Crippen molar-refractivity contribution in [1.29, 1.82) is 0 Å². The van der Waals surface area contributed by atoms with Crippen LogP contribution >= 0.6 is 15.9 Å². The van der Waals surface area contributed by atoms with Crippen molar-refractivity contribution in [2.24, 2.45) is 5.92 Å². The van der Waals surface area contributed by atoms with Gasteiger partial charge in [-0.15, -0.1) is 0 Å². The highest BCUT2D eigenvalue weighted by molar-refractivity contribution is 9.10. The summed E-state index contributed by atoms with van der Waals surface area (Å²) in [5.41, 5.74) is 1.89. The molecule has 0 radical (unpaired) electrons. The second kappa shape index (κ2) is 6.71. The van der Waals surface area contributed by atoms with E-state index in [-0.39, 0.29) is 11.7 Å². The van der Waals surface area contributed by atoms with E-state index >= 15 is 0 Å². The van der Waals surface area contributed by atoms with E-state index in [1.54, 1.807) is 7.11 Å². The van der Waals surface area contributed by atoms with Crippen LogP contribution < -0.4 is 4.74 Å². The minimum absolute atomic E-state index is 0.0438. The SMILES string of the molecule is COc1ccc(CC(C)C(=O)c2ccccc2)cc1Br. The number of ether oxygens (including phenoxy) is 1. The van der Waals surface area contributed by atoms with Crippen LogP contribution in [0.5, 0.6) is 5.75 Å². The first kappa shape index (κ1) is 14.8. The van der Waals surface area contributed by atoms with Crippen molar-refractivity contribution >= 4 is 21.7 Å². The Morgan fingerprint density at radius 3 is 2.50 bits per heavy atom. The lowest BCUT2D eigenvalue weighted by Crippen LogP contribution is -2.13.